The fraction of sp³-hybridized carbons (Fsp3) is 0.476. The summed E-state index contributed by atoms with van der Waals surface area (Å²) in [7, 11) is 0. The van der Waals surface area contributed by atoms with Gasteiger partial charge in [0.25, 0.3) is 5.91 Å². The summed E-state index contributed by atoms with van der Waals surface area (Å²) in [5.41, 5.74) is 1.30. The maximum atomic E-state index is 13.1. The van der Waals surface area contributed by atoms with E-state index in [1.165, 1.54) is 6.33 Å². The van der Waals surface area contributed by atoms with Gasteiger partial charge in [-0.1, -0.05) is 0 Å². The van der Waals surface area contributed by atoms with Gasteiger partial charge in [0.05, 0.1) is 41.7 Å². The highest BCUT2D eigenvalue weighted by molar-refractivity contribution is 6.15. The third kappa shape index (κ3) is 3.90. The predicted molar refractivity (Wildman–Crippen MR) is 115 cm³/mol. The lowest BCUT2D eigenvalue weighted by Gasteiger charge is -2.31. The fourth-order valence-corrected chi connectivity index (χ4v) is 3.75. The molecule has 31 heavy (non-hydrogen) atoms. The van der Waals surface area contributed by atoms with E-state index >= 15 is 0 Å². The summed E-state index contributed by atoms with van der Waals surface area (Å²) in [6.07, 6.45) is 6.92. The Bertz CT molecular complexity index is 1120. The van der Waals surface area contributed by atoms with Crippen LogP contribution >= 0.6 is 0 Å². The zero-order chi connectivity index (χ0) is 21.6. The van der Waals surface area contributed by atoms with Gasteiger partial charge in [0.1, 0.15) is 17.9 Å². The first-order valence-electron chi connectivity index (χ1n) is 10.4. The van der Waals surface area contributed by atoms with Crippen LogP contribution in [0, 0.1) is 6.92 Å². The molecule has 5 rings (SSSR count). The first-order valence-corrected chi connectivity index (χ1v) is 10.4. The maximum absolute atomic E-state index is 13.1. The highest BCUT2D eigenvalue weighted by Gasteiger charge is 2.38. The number of rotatable bonds is 5. The first-order chi connectivity index (χ1) is 14.9. The molecule has 10 nitrogen and oxygen atoms in total. The Morgan fingerprint density at radius 1 is 1.23 bits per heavy atom. The molecule has 1 aliphatic carbocycles. The van der Waals surface area contributed by atoms with Crippen LogP contribution in [0.3, 0.4) is 0 Å². The number of anilines is 3. The average Bonchev–Trinajstić information content (AvgIpc) is 3.36. The van der Waals surface area contributed by atoms with Gasteiger partial charge in [-0.2, -0.15) is 0 Å². The summed E-state index contributed by atoms with van der Waals surface area (Å²) in [6.45, 7) is 8.02. The fourth-order valence-electron chi connectivity index (χ4n) is 3.75. The first kappa shape index (κ1) is 19.7. The van der Waals surface area contributed by atoms with Crippen LogP contribution in [0.5, 0.6) is 0 Å². The molecule has 1 saturated heterocycles. The number of nitrogens with zero attached hydrogens (tertiary/aromatic N) is 5. The Labute approximate surface area is 179 Å². The molecule has 1 aliphatic heterocycles. The molecule has 0 aromatic carbocycles. The molecule has 1 atom stereocenters. The highest BCUT2D eigenvalue weighted by Crippen LogP contribution is 2.40. The summed E-state index contributed by atoms with van der Waals surface area (Å²) < 4.78 is 11.3. The Morgan fingerprint density at radius 3 is 2.71 bits per heavy atom. The number of ether oxygens (including phenoxy) is 1. The molecule has 162 valence electrons. The monoisotopic (exact) mass is 423 g/mol. The standard InChI is InChI=1S/C21H25N7O3/c1-12-10-28(6-7-30-12)20-22-8-14(9-23-20)26-18(29)15-13(2)31-19-16(15)17(24-11-25-19)27-21(3)4-5-21/h8-9,11-12H,4-7,10H2,1-3H3,(H,26,29)(H,24,25,27). The summed E-state index contributed by atoms with van der Waals surface area (Å²) in [5, 5.41) is 6.88. The summed E-state index contributed by atoms with van der Waals surface area (Å²) in [5.74, 6) is 1.40. The molecule has 0 radical (unpaired) electrons. The van der Waals surface area contributed by atoms with Crippen LogP contribution in [-0.2, 0) is 4.74 Å². The van der Waals surface area contributed by atoms with Crippen molar-refractivity contribution in [2.75, 3.05) is 35.2 Å². The van der Waals surface area contributed by atoms with Crippen molar-refractivity contribution in [3.8, 4) is 0 Å². The van der Waals surface area contributed by atoms with Gasteiger partial charge >= 0.3 is 0 Å². The minimum atomic E-state index is -0.314. The van der Waals surface area contributed by atoms with Crippen molar-refractivity contribution < 1.29 is 13.9 Å². The largest absolute Gasteiger partial charge is 0.442 e. The minimum Gasteiger partial charge on any atom is -0.442 e. The second kappa shape index (κ2) is 7.45. The van der Waals surface area contributed by atoms with E-state index in [-0.39, 0.29) is 17.6 Å². The minimum absolute atomic E-state index is 0.000858. The predicted octanol–water partition coefficient (Wildman–Crippen LogP) is 2.76. The van der Waals surface area contributed by atoms with Crippen LogP contribution in [0.25, 0.3) is 11.1 Å². The molecule has 3 aromatic heterocycles. The Kier molecular flexibility index (Phi) is 4.73. The van der Waals surface area contributed by atoms with E-state index < -0.39 is 0 Å². The molecule has 1 saturated carbocycles. The summed E-state index contributed by atoms with van der Waals surface area (Å²) in [4.78, 5) is 32.6. The Balaban J connectivity index is 1.38. The summed E-state index contributed by atoms with van der Waals surface area (Å²) in [6, 6.07) is 0. The third-order valence-electron chi connectivity index (χ3n) is 5.73. The van der Waals surface area contributed by atoms with Crippen LogP contribution in [0.2, 0.25) is 0 Å². The molecule has 3 aromatic rings. The number of fused-ring (bicyclic) bond motifs is 1. The number of furan rings is 1. The van der Waals surface area contributed by atoms with Gasteiger partial charge in [-0.3, -0.25) is 4.79 Å². The molecular formula is C21H25N7O3. The molecule has 2 N–H and O–H groups in total. The van der Waals surface area contributed by atoms with E-state index in [4.69, 9.17) is 9.15 Å². The van der Waals surface area contributed by atoms with E-state index in [0.717, 1.165) is 25.9 Å². The van der Waals surface area contributed by atoms with Crippen molar-refractivity contribution in [2.45, 2.75) is 45.3 Å². The van der Waals surface area contributed by atoms with Crippen molar-refractivity contribution in [3.05, 3.63) is 30.0 Å². The molecule has 10 heteroatoms. The molecule has 4 heterocycles. The number of morpholine rings is 1. The lowest BCUT2D eigenvalue weighted by Crippen LogP contribution is -2.41. The zero-order valence-corrected chi connectivity index (χ0v) is 17.8. The van der Waals surface area contributed by atoms with Crippen LogP contribution in [0.1, 0.15) is 42.8 Å². The molecule has 0 spiro atoms. The maximum Gasteiger partial charge on any atom is 0.260 e. The van der Waals surface area contributed by atoms with Gasteiger partial charge in [0.2, 0.25) is 11.7 Å². The topological polar surface area (TPSA) is 118 Å². The second-order valence-corrected chi connectivity index (χ2v) is 8.47. The Morgan fingerprint density at radius 2 is 2.00 bits per heavy atom. The van der Waals surface area contributed by atoms with E-state index in [9.17, 15) is 4.79 Å². The van der Waals surface area contributed by atoms with Gasteiger partial charge < -0.3 is 24.7 Å². The van der Waals surface area contributed by atoms with E-state index in [0.29, 0.717) is 46.5 Å². The van der Waals surface area contributed by atoms with Crippen LogP contribution in [-0.4, -0.2) is 57.2 Å². The van der Waals surface area contributed by atoms with Gasteiger partial charge in [-0.25, -0.2) is 19.9 Å². The van der Waals surface area contributed by atoms with Crippen molar-refractivity contribution >= 4 is 34.5 Å². The molecule has 1 amide bonds. The number of nitrogens with one attached hydrogen (secondary N) is 2. The highest BCUT2D eigenvalue weighted by atomic mass is 16.5. The number of carbonyl (C=O) groups excluding carboxylic acids is 1. The number of aryl methyl sites for hydroxylation is 1. The van der Waals surface area contributed by atoms with Crippen LogP contribution in [0.15, 0.2) is 23.1 Å². The lowest BCUT2D eigenvalue weighted by atomic mass is 10.1. The van der Waals surface area contributed by atoms with Gasteiger partial charge in [0.15, 0.2) is 0 Å². The van der Waals surface area contributed by atoms with Crippen molar-refractivity contribution in [1.82, 2.24) is 19.9 Å². The van der Waals surface area contributed by atoms with Gasteiger partial charge in [-0.15, -0.1) is 0 Å². The molecule has 0 bridgehead atoms. The zero-order valence-electron chi connectivity index (χ0n) is 17.8. The van der Waals surface area contributed by atoms with E-state index in [1.54, 1.807) is 19.3 Å². The average molecular weight is 423 g/mol. The number of amides is 1. The molecule has 2 aliphatic rings. The van der Waals surface area contributed by atoms with Gasteiger partial charge in [0, 0.05) is 18.6 Å². The quantitative estimate of drug-likeness (QED) is 0.638. The van der Waals surface area contributed by atoms with Crippen molar-refractivity contribution in [1.29, 1.82) is 0 Å². The van der Waals surface area contributed by atoms with E-state index in [1.807, 2.05) is 6.92 Å². The number of hydrogen-bond donors (Lipinski definition) is 2. The second-order valence-electron chi connectivity index (χ2n) is 8.47. The number of carbonyl (C=O) groups is 1. The van der Waals surface area contributed by atoms with Crippen LogP contribution in [0.4, 0.5) is 17.5 Å². The number of aromatic nitrogens is 4. The van der Waals surface area contributed by atoms with E-state index in [2.05, 4.69) is 42.4 Å². The molecular weight excluding hydrogens is 398 g/mol. The van der Waals surface area contributed by atoms with Crippen molar-refractivity contribution in [2.24, 2.45) is 0 Å². The SMILES string of the molecule is Cc1oc2ncnc(NC3(C)CC3)c2c1C(=O)Nc1cnc(N2CCOC(C)C2)nc1. The molecule has 2 fully saturated rings. The normalized spacial score (nSPS) is 20.0. The Hall–Kier alpha value is -3.27. The van der Waals surface area contributed by atoms with Crippen molar-refractivity contribution in [3.63, 3.8) is 0 Å². The molecule has 1 unspecified atom stereocenters. The lowest BCUT2D eigenvalue weighted by molar-refractivity contribution is 0.0526. The smallest absolute Gasteiger partial charge is 0.260 e. The third-order valence-corrected chi connectivity index (χ3v) is 5.73. The summed E-state index contributed by atoms with van der Waals surface area (Å²) >= 11 is 0. The van der Waals surface area contributed by atoms with Crippen LogP contribution < -0.4 is 15.5 Å². The van der Waals surface area contributed by atoms with Gasteiger partial charge in [-0.05, 0) is 33.6 Å². The number of hydrogen-bond acceptors (Lipinski definition) is 9.